The van der Waals surface area contributed by atoms with Gasteiger partial charge in [0, 0.05) is 18.7 Å². The van der Waals surface area contributed by atoms with Crippen molar-refractivity contribution in [3.05, 3.63) is 58.6 Å². The summed E-state index contributed by atoms with van der Waals surface area (Å²) in [6.45, 7) is 7.12. The smallest absolute Gasteiger partial charge is 0.255 e. The van der Waals surface area contributed by atoms with E-state index < -0.39 is 10.0 Å². The number of nitrogens with zero attached hydrogens (tertiary/aromatic N) is 1. The SMILES string of the molecule is Cc1ccc(NC(=O)c2ccc(S(=O)(=O)N3C[C@H](C)C[C@H](C)C3)cc2)c(Cl)c1. The fourth-order valence-electron chi connectivity index (χ4n) is 3.65. The lowest BCUT2D eigenvalue weighted by molar-refractivity contribution is 0.102. The fourth-order valence-corrected chi connectivity index (χ4v) is 5.61. The molecule has 0 spiro atoms. The van der Waals surface area contributed by atoms with Crippen molar-refractivity contribution in [3.63, 3.8) is 0 Å². The Bertz CT molecular complexity index is 964. The minimum atomic E-state index is -3.56. The van der Waals surface area contributed by atoms with E-state index in [1.807, 2.05) is 13.0 Å². The van der Waals surface area contributed by atoms with E-state index in [1.54, 1.807) is 16.4 Å². The number of carbonyl (C=O) groups is 1. The highest BCUT2D eigenvalue weighted by atomic mass is 35.5. The Kier molecular flexibility index (Phi) is 6.12. The van der Waals surface area contributed by atoms with Gasteiger partial charge in [-0.3, -0.25) is 4.79 Å². The van der Waals surface area contributed by atoms with Gasteiger partial charge in [0.05, 0.1) is 15.6 Å². The molecule has 0 aliphatic carbocycles. The molecular formula is C21H25ClN2O3S. The molecule has 5 nitrogen and oxygen atoms in total. The number of hydrogen-bond donors (Lipinski definition) is 1. The van der Waals surface area contributed by atoms with Crippen LogP contribution in [0.4, 0.5) is 5.69 Å². The summed E-state index contributed by atoms with van der Waals surface area (Å²) in [5.41, 5.74) is 1.89. The van der Waals surface area contributed by atoms with Gasteiger partial charge in [-0.1, -0.05) is 31.5 Å². The van der Waals surface area contributed by atoms with Crippen LogP contribution < -0.4 is 5.32 Å². The van der Waals surface area contributed by atoms with Gasteiger partial charge < -0.3 is 5.32 Å². The summed E-state index contributed by atoms with van der Waals surface area (Å²) in [6, 6.07) is 11.4. The van der Waals surface area contributed by atoms with E-state index in [1.165, 1.54) is 24.3 Å². The zero-order valence-corrected chi connectivity index (χ0v) is 17.8. The predicted octanol–water partition coefficient (Wildman–Crippen LogP) is 4.57. The minimum Gasteiger partial charge on any atom is -0.321 e. The van der Waals surface area contributed by atoms with E-state index in [4.69, 9.17) is 11.6 Å². The van der Waals surface area contributed by atoms with Crippen molar-refractivity contribution in [2.45, 2.75) is 32.1 Å². The monoisotopic (exact) mass is 420 g/mol. The molecule has 1 heterocycles. The van der Waals surface area contributed by atoms with Crippen LogP contribution in [0.1, 0.15) is 36.2 Å². The van der Waals surface area contributed by atoms with E-state index in [-0.39, 0.29) is 10.8 Å². The van der Waals surface area contributed by atoms with Gasteiger partial charge in [0.1, 0.15) is 0 Å². The lowest BCUT2D eigenvalue weighted by Gasteiger charge is -2.34. The molecule has 1 amide bonds. The van der Waals surface area contributed by atoms with E-state index >= 15 is 0 Å². The predicted molar refractivity (Wildman–Crippen MR) is 112 cm³/mol. The molecule has 0 saturated carbocycles. The lowest BCUT2D eigenvalue weighted by atomic mass is 9.94. The maximum atomic E-state index is 12.9. The second-order valence-corrected chi connectivity index (χ2v) is 10.1. The largest absolute Gasteiger partial charge is 0.321 e. The summed E-state index contributed by atoms with van der Waals surface area (Å²) in [6.07, 6.45) is 1.03. The zero-order valence-electron chi connectivity index (χ0n) is 16.3. The van der Waals surface area contributed by atoms with Crippen LogP contribution in [0.5, 0.6) is 0 Å². The molecule has 0 aromatic heterocycles. The average molecular weight is 421 g/mol. The van der Waals surface area contributed by atoms with E-state index in [2.05, 4.69) is 19.2 Å². The molecule has 2 atom stereocenters. The first-order chi connectivity index (χ1) is 13.2. The summed E-state index contributed by atoms with van der Waals surface area (Å²) < 4.78 is 27.4. The Morgan fingerprint density at radius 1 is 1.07 bits per heavy atom. The highest BCUT2D eigenvalue weighted by molar-refractivity contribution is 7.89. The molecule has 3 rings (SSSR count). The summed E-state index contributed by atoms with van der Waals surface area (Å²) in [4.78, 5) is 12.7. The molecular weight excluding hydrogens is 396 g/mol. The Balaban J connectivity index is 1.76. The van der Waals surface area contributed by atoms with Crippen molar-refractivity contribution in [1.29, 1.82) is 0 Å². The molecule has 1 fully saturated rings. The third kappa shape index (κ3) is 4.57. The average Bonchev–Trinajstić information content (AvgIpc) is 2.63. The molecule has 1 N–H and O–H groups in total. The van der Waals surface area contributed by atoms with Gasteiger partial charge in [0.25, 0.3) is 5.91 Å². The third-order valence-corrected chi connectivity index (χ3v) is 7.12. The van der Waals surface area contributed by atoms with Gasteiger partial charge in [0.15, 0.2) is 0 Å². The van der Waals surface area contributed by atoms with Gasteiger partial charge >= 0.3 is 0 Å². The van der Waals surface area contributed by atoms with Crippen LogP contribution in [-0.2, 0) is 10.0 Å². The number of aryl methyl sites for hydroxylation is 1. The maximum absolute atomic E-state index is 12.9. The minimum absolute atomic E-state index is 0.207. The van der Waals surface area contributed by atoms with Gasteiger partial charge in [-0.15, -0.1) is 0 Å². The van der Waals surface area contributed by atoms with Crippen LogP contribution in [0.25, 0.3) is 0 Å². The molecule has 0 unspecified atom stereocenters. The van der Waals surface area contributed by atoms with Crippen LogP contribution in [0.15, 0.2) is 47.4 Å². The highest BCUT2D eigenvalue weighted by Crippen LogP contribution is 2.27. The van der Waals surface area contributed by atoms with Crippen molar-refractivity contribution in [1.82, 2.24) is 4.31 Å². The molecule has 150 valence electrons. The molecule has 1 aliphatic heterocycles. The zero-order chi connectivity index (χ0) is 20.5. The van der Waals surface area contributed by atoms with Gasteiger partial charge in [-0.2, -0.15) is 4.31 Å². The van der Waals surface area contributed by atoms with E-state index in [0.29, 0.717) is 41.2 Å². The lowest BCUT2D eigenvalue weighted by Crippen LogP contribution is -2.42. The first-order valence-corrected chi connectivity index (χ1v) is 11.2. The third-order valence-electron chi connectivity index (χ3n) is 4.96. The number of sulfonamides is 1. The number of benzene rings is 2. The second kappa shape index (κ2) is 8.23. The number of nitrogens with one attached hydrogen (secondary N) is 1. The van der Waals surface area contributed by atoms with Crippen LogP contribution in [-0.4, -0.2) is 31.7 Å². The Morgan fingerprint density at radius 3 is 2.25 bits per heavy atom. The molecule has 1 saturated heterocycles. The van der Waals surface area contributed by atoms with Crippen molar-refractivity contribution in [2.75, 3.05) is 18.4 Å². The molecule has 2 aromatic carbocycles. The molecule has 7 heteroatoms. The first kappa shape index (κ1) is 20.8. The summed E-state index contributed by atoms with van der Waals surface area (Å²) in [7, 11) is -3.56. The molecule has 0 radical (unpaired) electrons. The number of halogens is 1. The Hall–Kier alpha value is -1.89. The van der Waals surface area contributed by atoms with Gasteiger partial charge in [0.2, 0.25) is 10.0 Å². The number of piperidine rings is 1. The van der Waals surface area contributed by atoms with Crippen molar-refractivity contribution in [2.24, 2.45) is 11.8 Å². The van der Waals surface area contributed by atoms with Gasteiger partial charge in [-0.25, -0.2) is 8.42 Å². The van der Waals surface area contributed by atoms with Crippen LogP contribution in [0.2, 0.25) is 5.02 Å². The maximum Gasteiger partial charge on any atom is 0.255 e. The molecule has 0 bridgehead atoms. The Labute approximate surface area is 171 Å². The first-order valence-electron chi connectivity index (χ1n) is 9.34. The number of carbonyl (C=O) groups excluding carboxylic acids is 1. The normalized spacial score (nSPS) is 20.7. The number of anilines is 1. The standard InChI is InChI=1S/C21H25ClN2O3S/c1-14-4-9-20(19(22)11-14)23-21(25)17-5-7-18(8-6-17)28(26,27)24-12-15(2)10-16(3)13-24/h4-9,11,15-16H,10,12-13H2,1-3H3,(H,23,25)/t15-,16+. The topological polar surface area (TPSA) is 66.5 Å². The van der Waals surface area contributed by atoms with Crippen molar-refractivity contribution in [3.8, 4) is 0 Å². The van der Waals surface area contributed by atoms with E-state index in [0.717, 1.165) is 12.0 Å². The quantitative estimate of drug-likeness (QED) is 0.787. The number of hydrogen-bond acceptors (Lipinski definition) is 3. The highest BCUT2D eigenvalue weighted by Gasteiger charge is 2.31. The number of rotatable bonds is 4. The van der Waals surface area contributed by atoms with Crippen molar-refractivity contribution < 1.29 is 13.2 Å². The van der Waals surface area contributed by atoms with Crippen LogP contribution in [0, 0.1) is 18.8 Å². The second-order valence-electron chi connectivity index (χ2n) is 7.73. The number of amides is 1. The van der Waals surface area contributed by atoms with E-state index in [9.17, 15) is 13.2 Å². The summed E-state index contributed by atoms with van der Waals surface area (Å²) in [5, 5.41) is 3.22. The fraction of sp³-hybridized carbons (Fsp3) is 0.381. The van der Waals surface area contributed by atoms with Gasteiger partial charge in [-0.05, 0) is 67.1 Å². The van der Waals surface area contributed by atoms with Crippen LogP contribution in [0.3, 0.4) is 0 Å². The summed E-state index contributed by atoms with van der Waals surface area (Å²) in [5.74, 6) is 0.334. The van der Waals surface area contributed by atoms with Crippen molar-refractivity contribution >= 4 is 33.2 Å². The molecule has 2 aromatic rings. The summed E-state index contributed by atoms with van der Waals surface area (Å²) >= 11 is 6.16. The van der Waals surface area contributed by atoms with Crippen LogP contribution >= 0.6 is 11.6 Å². The molecule has 1 aliphatic rings. The Morgan fingerprint density at radius 2 is 1.68 bits per heavy atom. The molecule has 28 heavy (non-hydrogen) atoms.